The third kappa shape index (κ3) is 4.43. The molecule has 10 heteroatoms. The Bertz CT molecular complexity index is 1540. The quantitative estimate of drug-likeness (QED) is 0.338. The number of hydrogen-bond acceptors (Lipinski definition) is 4. The summed E-state index contributed by atoms with van der Waals surface area (Å²) in [5, 5.41) is 3.50. The zero-order valence-electron chi connectivity index (χ0n) is 21.9. The lowest BCUT2D eigenvalue weighted by atomic mass is 9.90. The summed E-state index contributed by atoms with van der Waals surface area (Å²) < 4.78 is 14.1. The molecule has 0 aliphatic carbocycles. The van der Waals surface area contributed by atoms with Crippen LogP contribution in [0, 0.1) is 17.7 Å². The molecule has 0 saturated carbocycles. The first kappa shape index (κ1) is 25.1. The van der Waals surface area contributed by atoms with Crippen molar-refractivity contribution in [2.45, 2.75) is 38.8 Å². The van der Waals surface area contributed by atoms with Crippen LogP contribution in [0.1, 0.15) is 47.8 Å². The predicted octanol–water partition coefficient (Wildman–Crippen LogP) is 3.70. The van der Waals surface area contributed by atoms with E-state index in [1.165, 1.54) is 6.07 Å². The molecule has 2 fully saturated rings. The molecule has 2 aliphatic heterocycles. The summed E-state index contributed by atoms with van der Waals surface area (Å²) in [4.78, 5) is 54.0. The SMILES string of the molecule is CCC(C)C(CNC(=O)c1cc2cccc(F)c2[nH]1)C(=O)N1CC2CC1CN2C(=O)c1nc2ccccc2[nH]1. The first-order chi connectivity index (χ1) is 18.8. The standard InChI is InChI=1S/C29H31FN6O3/c1-3-16(2)20(13-31-27(37)24-11-17-7-6-8-21(30)25(17)32-24)28(38)35-14-19-12-18(35)15-36(19)29(39)26-33-22-9-4-5-10-23(22)34-26/h4-11,16,18-20,32H,3,12-15H2,1-2H3,(H,31,37)(H,33,34). The maximum atomic E-state index is 14.1. The minimum Gasteiger partial charge on any atom is -0.350 e. The second-order valence-electron chi connectivity index (χ2n) is 10.7. The van der Waals surface area contributed by atoms with E-state index >= 15 is 0 Å². The summed E-state index contributed by atoms with van der Waals surface area (Å²) >= 11 is 0. The summed E-state index contributed by atoms with van der Waals surface area (Å²) in [6, 6.07) is 13.7. The van der Waals surface area contributed by atoms with Crippen molar-refractivity contribution in [3.05, 3.63) is 65.9 Å². The summed E-state index contributed by atoms with van der Waals surface area (Å²) in [6.07, 6.45) is 1.51. The molecule has 202 valence electrons. The molecule has 0 radical (unpaired) electrons. The van der Waals surface area contributed by atoms with Crippen molar-refractivity contribution in [3.8, 4) is 0 Å². The molecule has 4 unspecified atom stereocenters. The van der Waals surface area contributed by atoms with E-state index in [0.29, 0.717) is 24.3 Å². The number of piperazine rings is 1. The molecule has 0 spiro atoms. The summed E-state index contributed by atoms with van der Waals surface area (Å²) in [5.74, 6) is -0.988. The van der Waals surface area contributed by atoms with Gasteiger partial charge in [0.2, 0.25) is 5.91 Å². The molecule has 2 aromatic heterocycles. The number of H-pyrrole nitrogens is 2. The minimum atomic E-state index is -0.420. The van der Waals surface area contributed by atoms with Gasteiger partial charge in [-0.25, -0.2) is 9.37 Å². The highest BCUT2D eigenvalue weighted by atomic mass is 19.1. The summed E-state index contributed by atoms with van der Waals surface area (Å²) in [5.41, 5.74) is 2.11. The highest BCUT2D eigenvalue weighted by Gasteiger charge is 2.49. The summed E-state index contributed by atoms with van der Waals surface area (Å²) in [7, 11) is 0. The number of halogens is 1. The number of aromatic amines is 2. The van der Waals surface area contributed by atoms with Gasteiger partial charge in [-0.05, 0) is 36.6 Å². The van der Waals surface area contributed by atoms with Crippen molar-refractivity contribution in [1.82, 2.24) is 30.1 Å². The van der Waals surface area contributed by atoms with Gasteiger partial charge in [0.1, 0.15) is 11.5 Å². The molecule has 4 aromatic rings. The van der Waals surface area contributed by atoms with Crippen LogP contribution in [0.15, 0.2) is 48.5 Å². The van der Waals surface area contributed by atoms with Gasteiger partial charge < -0.3 is 25.1 Å². The number of carbonyl (C=O) groups excluding carboxylic acids is 3. The first-order valence-corrected chi connectivity index (χ1v) is 13.5. The zero-order valence-corrected chi connectivity index (χ0v) is 21.9. The van der Waals surface area contributed by atoms with E-state index in [1.54, 1.807) is 18.2 Å². The van der Waals surface area contributed by atoms with Crippen molar-refractivity contribution in [2.75, 3.05) is 19.6 Å². The fraction of sp³-hybridized carbons (Fsp3) is 0.379. The number of likely N-dealkylation sites (tertiary alicyclic amines) is 2. The zero-order chi connectivity index (χ0) is 27.3. The van der Waals surface area contributed by atoms with Gasteiger partial charge in [0.15, 0.2) is 5.82 Å². The number of aromatic nitrogens is 3. The second kappa shape index (κ2) is 9.83. The van der Waals surface area contributed by atoms with Gasteiger partial charge in [-0.2, -0.15) is 0 Å². The fourth-order valence-electron chi connectivity index (χ4n) is 5.94. The molecule has 3 amide bonds. The third-order valence-corrected chi connectivity index (χ3v) is 8.36. The number of fused-ring (bicyclic) bond motifs is 4. The third-order valence-electron chi connectivity index (χ3n) is 8.36. The number of nitrogens with zero attached hydrogens (tertiary/aromatic N) is 3. The van der Waals surface area contributed by atoms with Crippen molar-refractivity contribution in [1.29, 1.82) is 0 Å². The Hall–Kier alpha value is -4.21. The monoisotopic (exact) mass is 530 g/mol. The van der Waals surface area contributed by atoms with Gasteiger partial charge in [0.25, 0.3) is 11.8 Å². The maximum absolute atomic E-state index is 14.1. The van der Waals surface area contributed by atoms with Crippen LogP contribution in [0.5, 0.6) is 0 Å². The molecule has 4 atom stereocenters. The average Bonchev–Trinajstić information content (AvgIpc) is 3.74. The van der Waals surface area contributed by atoms with Crippen molar-refractivity contribution >= 4 is 39.7 Å². The number of hydrogen-bond donors (Lipinski definition) is 3. The van der Waals surface area contributed by atoms with Crippen LogP contribution >= 0.6 is 0 Å². The maximum Gasteiger partial charge on any atom is 0.290 e. The molecular weight excluding hydrogens is 499 g/mol. The Kier molecular flexibility index (Phi) is 6.32. The lowest BCUT2D eigenvalue weighted by molar-refractivity contribution is -0.139. The van der Waals surface area contributed by atoms with E-state index in [2.05, 4.69) is 20.3 Å². The molecule has 4 heterocycles. The Morgan fingerprint density at radius 3 is 2.56 bits per heavy atom. The van der Waals surface area contributed by atoms with E-state index in [-0.39, 0.29) is 53.5 Å². The van der Waals surface area contributed by atoms with E-state index in [0.717, 1.165) is 23.9 Å². The predicted molar refractivity (Wildman–Crippen MR) is 145 cm³/mol. The Morgan fingerprint density at radius 1 is 1.08 bits per heavy atom. The van der Waals surface area contributed by atoms with Crippen molar-refractivity contribution in [3.63, 3.8) is 0 Å². The second-order valence-corrected chi connectivity index (χ2v) is 10.7. The molecule has 2 aromatic carbocycles. The van der Waals surface area contributed by atoms with Gasteiger partial charge in [-0.1, -0.05) is 44.5 Å². The molecule has 3 N–H and O–H groups in total. The number of rotatable bonds is 7. The van der Waals surface area contributed by atoms with E-state index < -0.39 is 11.7 Å². The normalized spacial score (nSPS) is 20.1. The molecule has 6 rings (SSSR count). The number of para-hydroxylation sites is 3. The van der Waals surface area contributed by atoms with Gasteiger partial charge in [-0.15, -0.1) is 0 Å². The lowest BCUT2D eigenvalue weighted by Gasteiger charge is -2.37. The number of nitrogens with one attached hydrogen (secondary N) is 3. The highest BCUT2D eigenvalue weighted by molar-refractivity contribution is 5.98. The number of imidazole rings is 1. The summed E-state index contributed by atoms with van der Waals surface area (Å²) in [6.45, 7) is 5.15. The first-order valence-electron chi connectivity index (χ1n) is 13.5. The van der Waals surface area contributed by atoms with Gasteiger partial charge in [0.05, 0.1) is 34.6 Å². The fourth-order valence-corrected chi connectivity index (χ4v) is 5.94. The molecular formula is C29H31FN6O3. The molecule has 2 saturated heterocycles. The van der Waals surface area contributed by atoms with E-state index in [4.69, 9.17) is 0 Å². The smallest absolute Gasteiger partial charge is 0.290 e. The number of amides is 3. The van der Waals surface area contributed by atoms with Gasteiger partial charge in [0, 0.05) is 25.0 Å². The topological polar surface area (TPSA) is 114 Å². The van der Waals surface area contributed by atoms with Crippen LogP contribution in [-0.2, 0) is 4.79 Å². The Labute approximate surface area is 224 Å². The largest absolute Gasteiger partial charge is 0.350 e. The molecule has 2 bridgehead atoms. The van der Waals surface area contributed by atoms with Crippen LogP contribution < -0.4 is 5.32 Å². The van der Waals surface area contributed by atoms with Crippen LogP contribution in [0.25, 0.3) is 21.9 Å². The molecule has 39 heavy (non-hydrogen) atoms. The van der Waals surface area contributed by atoms with Crippen molar-refractivity contribution in [2.24, 2.45) is 11.8 Å². The highest BCUT2D eigenvalue weighted by Crippen LogP contribution is 2.34. The van der Waals surface area contributed by atoms with E-state index in [9.17, 15) is 18.8 Å². The average molecular weight is 531 g/mol. The van der Waals surface area contributed by atoms with E-state index in [1.807, 2.05) is 47.9 Å². The van der Waals surface area contributed by atoms with Crippen molar-refractivity contribution < 1.29 is 18.8 Å². The molecule has 2 aliphatic rings. The van der Waals surface area contributed by atoms with Gasteiger partial charge in [-0.3, -0.25) is 14.4 Å². The Morgan fingerprint density at radius 2 is 1.85 bits per heavy atom. The molecule has 9 nitrogen and oxygen atoms in total. The number of carbonyl (C=O) groups is 3. The van der Waals surface area contributed by atoms with Crippen LogP contribution in [-0.4, -0.2) is 74.2 Å². The van der Waals surface area contributed by atoms with Gasteiger partial charge >= 0.3 is 0 Å². The van der Waals surface area contributed by atoms with Crippen LogP contribution in [0.4, 0.5) is 4.39 Å². The van der Waals surface area contributed by atoms with Crippen LogP contribution in [0.2, 0.25) is 0 Å². The lowest BCUT2D eigenvalue weighted by Crippen LogP contribution is -2.54. The minimum absolute atomic E-state index is 0.00400. The Balaban J connectivity index is 1.12. The van der Waals surface area contributed by atoms with Crippen LogP contribution in [0.3, 0.4) is 0 Å². The number of benzene rings is 2.